The van der Waals surface area contributed by atoms with Crippen LogP contribution in [0.3, 0.4) is 0 Å². The van der Waals surface area contributed by atoms with Gasteiger partial charge in [-0.15, -0.1) is 0 Å². The summed E-state index contributed by atoms with van der Waals surface area (Å²) in [6.07, 6.45) is 2.60. The van der Waals surface area contributed by atoms with Crippen molar-refractivity contribution in [2.45, 2.75) is 25.6 Å². The molecule has 2 atom stereocenters. The molecular formula is C5H9B. The number of hydrogen-bond acceptors (Lipinski definition) is 0. The van der Waals surface area contributed by atoms with Crippen LogP contribution in [0.4, 0.5) is 0 Å². The number of rotatable bonds is 0. The molecule has 0 aromatic heterocycles. The first kappa shape index (κ1) is 4.23. The first-order valence-electron chi connectivity index (χ1n) is 2.56. The van der Waals surface area contributed by atoms with Gasteiger partial charge in [0.1, 0.15) is 0 Å². The lowest BCUT2D eigenvalue weighted by Crippen LogP contribution is -2.16. The van der Waals surface area contributed by atoms with Crippen molar-refractivity contribution >= 4 is 7.85 Å². The van der Waals surface area contributed by atoms with Crippen LogP contribution in [0.5, 0.6) is 0 Å². The summed E-state index contributed by atoms with van der Waals surface area (Å²) in [6, 6.07) is 0. The minimum atomic E-state index is 0.532. The van der Waals surface area contributed by atoms with Gasteiger partial charge in [0.2, 0.25) is 0 Å². The van der Waals surface area contributed by atoms with Gasteiger partial charge in [0, 0.05) is 0 Å². The van der Waals surface area contributed by atoms with Gasteiger partial charge in [-0.25, -0.2) is 0 Å². The van der Waals surface area contributed by atoms with E-state index in [1.54, 1.807) is 0 Å². The van der Waals surface area contributed by atoms with E-state index in [1.807, 2.05) is 0 Å². The Hall–Kier alpha value is 0.0649. The molecule has 6 heavy (non-hydrogen) atoms. The molecule has 0 aromatic carbocycles. The van der Waals surface area contributed by atoms with Gasteiger partial charge >= 0.3 is 0 Å². The molecule has 1 saturated carbocycles. The maximum absolute atomic E-state index is 5.52. The molecule has 0 saturated heterocycles. The zero-order valence-corrected chi connectivity index (χ0v) is 4.15. The maximum Gasteiger partial charge on any atom is 0.0703 e. The average Bonchev–Trinajstić information content (AvgIpc) is 1.61. The zero-order valence-electron chi connectivity index (χ0n) is 4.15. The van der Waals surface area contributed by atoms with Crippen molar-refractivity contribution in [3.63, 3.8) is 0 Å². The van der Waals surface area contributed by atoms with Gasteiger partial charge in [0.05, 0.1) is 7.85 Å². The Labute approximate surface area is 40.3 Å². The fourth-order valence-electron chi connectivity index (χ4n) is 0.692. The molecule has 1 fully saturated rings. The predicted octanol–water partition coefficient (Wildman–Crippen LogP) is 1.37. The van der Waals surface area contributed by atoms with Crippen LogP contribution in [0.15, 0.2) is 0 Å². The van der Waals surface area contributed by atoms with Gasteiger partial charge in [0.25, 0.3) is 0 Å². The Bertz CT molecular complexity index is 43.9. The minimum Gasteiger partial charge on any atom is -0.0749 e. The van der Waals surface area contributed by atoms with E-state index in [0.29, 0.717) is 5.82 Å². The molecule has 0 heterocycles. The Morgan fingerprint density at radius 1 is 1.50 bits per heavy atom. The van der Waals surface area contributed by atoms with Gasteiger partial charge in [-0.3, -0.25) is 0 Å². The third kappa shape index (κ3) is 0.465. The lowest BCUT2D eigenvalue weighted by Gasteiger charge is -2.30. The Kier molecular flexibility index (Phi) is 0.907. The summed E-state index contributed by atoms with van der Waals surface area (Å²) in [4.78, 5) is 0. The standard InChI is InChI=1S/C5H9B/c1-4-2-3-5(4)6/h4-5H,2-3H2,1H3/t4-,5?/m1/s1. The van der Waals surface area contributed by atoms with Crippen molar-refractivity contribution in [3.05, 3.63) is 0 Å². The Balaban J connectivity index is 2.20. The molecule has 1 aliphatic rings. The van der Waals surface area contributed by atoms with Gasteiger partial charge < -0.3 is 0 Å². The van der Waals surface area contributed by atoms with E-state index < -0.39 is 0 Å². The van der Waals surface area contributed by atoms with Crippen LogP contribution in [-0.4, -0.2) is 7.85 Å². The van der Waals surface area contributed by atoms with E-state index in [4.69, 9.17) is 7.85 Å². The summed E-state index contributed by atoms with van der Waals surface area (Å²) in [5.41, 5.74) is 0. The zero-order chi connectivity index (χ0) is 4.57. The van der Waals surface area contributed by atoms with Crippen molar-refractivity contribution < 1.29 is 0 Å². The number of hydrogen-bond donors (Lipinski definition) is 0. The van der Waals surface area contributed by atoms with Gasteiger partial charge in [0.15, 0.2) is 0 Å². The Morgan fingerprint density at radius 3 is 2.00 bits per heavy atom. The van der Waals surface area contributed by atoms with Crippen LogP contribution in [0.25, 0.3) is 0 Å². The molecule has 2 radical (unpaired) electrons. The highest BCUT2D eigenvalue weighted by Gasteiger charge is 2.20. The van der Waals surface area contributed by atoms with E-state index in [2.05, 4.69) is 6.92 Å². The van der Waals surface area contributed by atoms with Gasteiger partial charge in [-0.05, 0) is 5.92 Å². The van der Waals surface area contributed by atoms with Gasteiger partial charge in [-0.1, -0.05) is 25.6 Å². The molecule has 1 unspecified atom stereocenters. The molecule has 32 valence electrons. The lowest BCUT2D eigenvalue weighted by molar-refractivity contribution is 0.347. The molecule has 0 aliphatic heterocycles. The van der Waals surface area contributed by atoms with Gasteiger partial charge in [-0.2, -0.15) is 0 Å². The molecule has 1 aliphatic carbocycles. The minimum absolute atomic E-state index is 0.532. The molecule has 0 bridgehead atoms. The van der Waals surface area contributed by atoms with E-state index in [0.717, 1.165) is 5.92 Å². The fraction of sp³-hybridized carbons (Fsp3) is 1.00. The Morgan fingerprint density at radius 2 is 2.00 bits per heavy atom. The van der Waals surface area contributed by atoms with Crippen molar-refractivity contribution in [1.82, 2.24) is 0 Å². The highest BCUT2D eigenvalue weighted by atomic mass is 14.2. The monoisotopic (exact) mass is 80.1 g/mol. The summed E-state index contributed by atoms with van der Waals surface area (Å²) in [7, 11) is 5.52. The molecule has 0 N–H and O–H groups in total. The SMILES string of the molecule is [B]C1CC[C@H]1C. The van der Waals surface area contributed by atoms with Crippen molar-refractivity contribution in [2.75, 3.05) is 0 Å². The molecule has 1 rings (SSSR count). The normalized spacial score (nSPS) is 44.8. The summed E-state index contributed by atoms with van der Waals surface area (Å²) in [5.74, 6) is 1.34. The topological polar surface area (TPSA) is 0 Å². The summed E-state index contributed by atoms with van der Waals surface area (Å²) >= 11 is 0. The third-order valence-corrected chi connectivity index (χ3v) is 1.69. The highest BCUT2D eigenvalue weighted by Crippen LogP contribution is 2.35. The van der Waals surface area contributed by atoms with Crippen LogP contribution >= 0.6 is 0 Å². The van der Waals surface area contributed by atoms with E-state index in [9.17, 15) is 0 Å². The van der Waals surface area contributed by atoms with Crippen LogP contribution in [0, 0.1) is 5.92 Å². The first-order chi connectivity index (χ1) is 2.80. The fourth-order valence-corrected chi connectivity index (χ4v) is 0.692. The second-order valence-corrected chi connectivity index (χ2v) is 2.22. The van der Waals surface area contributed by atoms with E-state index in [-0.39, 0.29) is 0 Å². The van der Waals surface area contributed by atoms with Crippen molar-refractivity contribution in [1.29, 1.82) is 0 Å². The van der Waals surface area contributed by atoms with Crippen LogP contribution in [-0.2, 0) is 0 Å². The maximum atomic E-state index is 5.52. The molecular weight excluding hydrogens is 70.9 g/mol. The molecule has 0 spiro atoms. The quantitative estimate of drug-likeness (QED) is 0.385. The summed E-state index contributed by atoms with van der Waals surface area (Å²) in [6.45, 7) is 2.20. The van der Waals surface area contributed by atoms with E-state index >= 15 is 0 Å². The average molecular weight is 79.9 g/mol. The molecule has 1 heteroatoms. The summed E-state index contributed by atoms with van der Waals surface area (Å²) in [5, 5.41) is 0. The second kappa shape index (κ2) is 1.29. The van der Waals surface area contributed by atoms with Crippen LogP contribution in [0.1, 0.15) is 19.8 Å². The predicted molar refractivity (Wildman–Crippen MR) is 27.9 cm³/mol. The van der Waals surface area contributed by atoms with Crippen LogP contribution in [0.2, 0.25) is 5.82 Å². The van der Waals surface area contributed by atoms with E-state index in [1.165, 1.54) is 12.8 Å². The molecule has 0 aromatic rings. The summed E-state index contributed by atoms with van der Waals surface area (Å²) < 4.78 is 0. The first-order valence-corrected chi connectivity index (χ1v) is 2.56. The van der Waals surface area contributed by atoms with Crippen LogP contribution < -0.4 is 0 Å². The molecule has 0 amide bonds. The second-order valence-electron chi connectivity index (χ2n) is 2.22. The van der Waals surface area contributed by atoms with Crippen molar-refractivity contribution in [2.24, 2.45) is 5.92 Å². The third-order valence-electron chi connectivity index (χ3n) is 1.69. The highest BCUT2D eigenvalue weighted by molar-refractivity contribution is 6.12. The molecule has 0 nitrogen and oxygen atoms in total. The smallest absolute Gasteiger partial charge is 0.0703 e. The largest absolute Gasteiger partial charge is 0.0749 e. The van der Waals surface area contributed by atoms with Crippen molar-refractivity contribution in [3.8, 4) is 0 Å². The lowest BCUT2D eigenvalue weighted by atomic mass is 9.63.